The molecule has 2 rings (SSSR count). The highest BCUT2D eigenvalue weighted by atomic mass is 79.9. The van der Waals surface area contributed by atoms with Crippen molar-refractivity contribution in [3.05, 3.63) is 34.3 Å². The standard InChI is InChI=1S/C15H24BrN3/c1-18-9-7-15(12-17,8-10-18)19(2)11-13-3-5-14(16)6-4-13/h3-6H,7-12,17H2,1-2H3. The molecule has 0 aromatic heterocycles. The van der Waals surface area contributed by atoms with Crippen molar-refractivity contribution in [3.63, 3.8) is 0 Å². The lowest BCUT2D eigenvalue weighted by Gasteiger charge is -2.46. The summed E-state index contributed by atoms with van der Waals surface area (Å²) in [6.45, 7) is 3.99. The van der Waals surface area contributed by atoms with Crippen molar-refractivity contribution in [2.24, 2.45) is 5.73 Å². The van der Waals surface area contributed by atoms with Crippen molar-refractivity contribution >= 4 is 15.9 Å². The molecule has 0 bridgehead atoms. The molecule has 106 valence electrons. The van der Waals surface area contributed by atoms with E-state index < -0.39 is 0 Å². The summed E-state index contributed by atoms with van der Waals surface area (Å²) in [7, 11) is 4.40. The Morgan fingerprint density at radius 2 is 1.84 bits per heavy atom. The maximum absolute atomic E-state index is 6.09. The van der Waals surface area contributed by atoms with Gasteiger partial charge in [0, 0.05) is 23.1 Å². The fraction of sp³-hybridized carbons (Fsp3) is 0.600. The fourth-order valence-corrected chi connectivity index (χ4v) is 3.07. The monoisotopic (exact) mass is 325 g/mol. The first-order chi connectivity index (χ1) is 9.05. The van der Waals surface area contributed by atoms with Gasteiger partial charge in [0.25, 0.3) is 0 Å². The van der Waals surface area contributed by atoms with Gasteiger partial charge in [-0.25, -0.2) is 0 Å². The van der Waals surface area contributed by atoms with E-state index in [1.54, 1.807) is 0 Å². The Kier molecular flexibility index (Phi) is 5.01. The van der Waals surface area contributed by atoms with Crippen molar-refractivity contribution in [3.8, 4) is 0 Å². The highest BCUT2D eigenvalue weighted by molar-refractivity contribution is 9.10. The zero-order valence-corrected chi connectivity index (χ0v) is 13.5. The summed E-state index contributed by atoms with van der Waals surface area (Å²) in [6, 6.07) is 8.57. The van der Waals surface area contributed by atoms with E-state index in [-0.39, 0.29) is 5.54 Å². The molecule has 1 aliphatic heterocycles. The Bertz CT molecular complexity index is 396. The van der Waals surface area contributed by atoms with Gasteiger partial charge in [-0.05, 0) is 57.7 Å². The Morgan fingerprint density at radius 1 is 1.26 bits per heavy atom. The summed E-state index contributed by atoms with van der Waals surface area (Å²) in [4.78, 5) is 4.84. The van der Waals surface area contributed by atoms with E-state index in [1.807, 2.05) is 0 Å². The number of nitrogens with zero attached hydrogens (tertiary/aromatic N) is 2. The Labute approximate surface area is 124 Å². The minimum absolute atomic E-state index is 0.166. The molecule has 1 aromatic rings. The number of piperidine rings is 1. The van der Waals surface area contributed by atoms with Gasteiger partial charge in [-0.2, -0.15) is 0 Å². The smallest absolute Gasteiger partial charge is 0.0356 e. The van der Waals surface area contributed by atoms with Gasteiger partial charge < -0.3 is 10.6 Å². The van der Waals surface area contributed by atoms with Crippen LogP contribution in [0.2, 0.25) is 0 Å². The van der Waals surface area contributed by atoms with Crippen LogP contribution in [0.1, 0.15) is 18.4 Å². The number of likely N-dealkylation sites (tertiary alicyclic amines) is 1. The molecule has 0 amide bonds. The lowest BCUT2D eigenvalue weighted by molar-refractivity contribution is 0.0485. The second-order valence-corrected chi connectivity index (χ2v) is 6.63. The van der Waals surface area contributed by atoms with Crippen LogP contribution in [-0.4, -0.2) is 49.1 Å². The zero-order chi connectivity index (χ0) is 13.9. The van der Waals surface area contributed by atoms with Gasteiger partial charge in [0.05, 0.1) is 0 Å². The third kappa shape index (κ3) is 3.57. The van der Waals surface area contributed by atoms with Gasteiger partial charge in [-0.1, -0.05) is 28.1 Å². The van der Waals surface area contributed by atoms with Crippen LogP contribution in [0, 0.1) is 0 Å². The van der Waals surface area contributed by atoms with Gasteiger partial charge in [0.1, 0.15) is 0 Å². The maximum Gasteiger partial charge on any atom is 0.0356 e. The first kappa shape index (κ1) is 15.0. The number of likely N-dealkylation sites (N-methyl/N-ethyl adjacent to an activating group) is 1. The molecular formula is C15H24BrN3. The normalized spacial score (nSPS) is 19.8. The molecule has 0 unspecified atom stereocenters. The minimum Gasteiger partial charge on any atom is -0.329 e. The minimum atomic E-state index is 0.166. The van der Waals surface area contributed by atoms with E-state index in [0.29, 0.717) is 0 Å². The first-order valence-corrected chi connectivity index (χ1v) is 7.69. The lowest BCUT2D eigenvalue weighted by atomic mass is 9.86. The van der Waals surface area contributed by atoms with Crippen molar-refractivity contribution < 1.29 is 0 Å². The van der Waals surface area contributed by atoms with E-state index in [0.717, 1.165) is 43.5 Å². The zero-order valence-electron chi connectivity index (χ0n) is 11.9. The maximum atomic E-state index is 6.09. The third-order valence-electron chi connectivity index (χ3n) is 4.44. The number of hydrogen-bond acceptors (Lipinski definition) is 3. The summed E-state index contributed by atoms with van der Waals surface area (Å²) < 4.78 is 1.13. The van der Waals surface area contributed by atoms with Gasteiger partial charge in [-0.3, -0.25) is 4.90 Å². The number of halogens is 1. The second-order valence-electron chi connectivity index (χ2n) is 5.71. The Balaban J connectivity index is 2.04. The summed E-state index contributed by atoms with van der Waals surface area (Å²) in [5.74, 6) is 0. The quantitative estimate of drug-likeness (QED) is 0.922. The second kappa shape index (κ2) is 6.35. The third-order valence-corrected chi connectivity index (χ3v) is 4.97. The van der Waals surface area contributed by atoms with E-state index in [9.17, 15) is 0 Å². The predicted molar refractivity (Wildman–Crippen MR) is 84.1 cm³/mol. The summed E-state index contributed by atoms with van der Waals surface area (Å²) in [5.41, 5.74) is 7.61. The van der Waals surface area contributed by atoms with Crippen LogP contribution in [0.25, 0.3) is 0 Å². The highest BCUT2D eigenvalue weighted by Crippen LogP contribution is 2.28. The molecule has 0 spiro atoms. The van der Waals surface area contributed by atoms with Gasteiger partial charge in [0.15, 0.2) is 0 Å². The molecule has 1 aliphatic rings. The average molecular weight is 326 g/mol. The van der Waals surface area contributed by atoms with E-state index in [4.69, 9.17) is 5.73 Å². The molecule has 19 heavy (non-hydrogen) atoms. The van der Waals surface area contributed by atoms with Crippen LogP contribution in [-0.2, 0) is 6.54 Å². The van der Waals surface area contributed by atoms with E-state index in [1.165, 1.54) is 5.56 Å². The molecule has 0 radical (unpaired) electrons. The van der Waals surface area contributed by atoms with Crippen LogP contribution >= 0.6 is 15.9 Å². The van der Waals surface area contributed by atoms with Crippen molar-refractivity contribution in [2.75, 3.05) is 33.7 Å². The summed E-state index contributed by atoms with van der Waals surface area (Å²) in [5, 5.41) is 0. The molecular weight excluding hydrogens is 302 g/mol. The fourth-order valence-electron chi connectivity index (χ4n) is 2.81. The number of nitrogens with two attached hydrogens (primary N) is 1. The van der Waals surface area contributed by atoms with Gasteiger partial charge in [0.2, 0.25) is 0 Å². The molecule has 1 saturated heterocycles. The average Bonchev–Trinajstić information content (AvgIpc) is 2.42. The van der Waals surface area contributed by atoms with Gasteiger partial charge >= 0.3 is 0 Å². The predicted octanol–water partition coefficient (Wildman–Crippen LogP) is 2.30. The number of hydrogen-bond donors (Lipinski definition) is 1. The van der Waals surface area contributed by atoms with Crippen molar-refractivity contribution in [1.29, 1.82) is 0 Å². The Hall–Kier alpha value is -0.420. The lowest BCUT2D eigenvalue weighted by Crippen LogP contribution is -2.57. The van der Waals surface area contributed by atoms with Gasteiger partial charge in [-0.15, -0.1) is 0 Å². The summed E-state index contributed by atoms with van der Waals surface area (Å²) >= 11 is 3.48. The molecule has 0 saturated carbocycles. The SMILES string of the molecule is CN1CCC(CN)(N(C)Cc2ccc(Br)cc2)CC1. The molecule has 0 atom stereocenters. The first-order valence-electron chi connectivity index (χ1n) is 6.90. The molecule has 0 aliphatic carbocycles. The van der Waals surface area contributed by atoms with E-state index in [2.05, 4.69) is 64.1 Å². The molecule has 1 heterocycles. The Morgan fingerprint density at radius 3 is 2.37 bits per heavy atom. The van der Waals surface area contributed by atoms with Crippen LogP contribution < -0.4 is 5.73 Å². The summed E-state index contributed by atoms with van der Waals surface area (Å²) in [6.07, 6.45) is 2.32. The van der Waals surface area contributed by atoms with Crippen LogP contribution in [0.4, 0.5) is 0 Å². The number of benzene rings is 1. The molecule has 3 nitrogen and oxygen atoms in total. The largest absolute Gasteiger partial charge is 0.329 e. The van der Waals surface area contributed by atoms with Crippen molar-refractivity contribution in [1.82, 2.24) is 9.80 Å². The van der Waals surface area contributed by atoms with Crippen LogP contribution in [0.5, 0.6) is 0 Å². The van der Waals surface area contributed by atoms with Crippen LogP contribution in [0.3, 0.4) is 0 Å². The van der Waals surface area contributed by atoms with Crippen LogP contribution in [0.15, 0.2) is 28.7 Å². The molecule has 1 aromatic carbocycles. The molecule has 4 heteroatoms. The molecule has 1 fully saturated rings. The molecule has 2 N–H and O–H groups in total. The highest BCUT2D eigenvalue weighted by Gasteiger charge is 2.35. The number of rotatable bonds is 4. The van der Waals surface area contributed by atoms with Crippen molar-refractivity contribution in [2.45, 2.75) is 24.9 Å². The topological polar surface area (TPSA) is 32.5 Å². The van der Waals surface area contributed by atoms with E-state index >= 15 is 0 Å².